The molecule has 156 valence electrons. The van der Waals surface area contributed by atoms with Crippen LogP contribution in [0.25, 0.3) is 5.57 Å². The van der Waals surface area contributed by atoms with Crippen molar-refractivity contribution in [3.8, 4) is 5.75 Å². The second-order valence-electron chi connectivity index (χ2n) is 7.30. The molecule has 0 atom stereocenters. The average molecular weight is 433 g/mol. The Kier molecular flexibility index (Phi) is 5.53. The van der Waals surface area contributed by atoms with Crippen molar-refractivity contribution in [3.63, 3.8) is 0 Å². The van der Waals surface area contributed by atoms with E-state index in [1.807, 2.05) is 38.1 Å². The highest BCUT2D eigenvalue weighted by molar-refractivity contribution is 6.46. The zero-order valence-corrected chi connectivity index (χ0v) is 18.2. The lowest BCUT2D eigenvalue weighted by Crippen LogP contribution is -2.32. The normalized spacial score (nSPS) is 13.7. The molecule has 1 N–H and O–H groups in total. The third-order valence-corrected chi connectivity index (χ3v) is 5.61. The molecule has 0 saturated carbocycles. The molecule has 0 aromatic heterocycles. The minimum absolute atomic E-state index is 0.207. The van der Waals surface area contributed by atoms with Crippen LogP contribution in [0.15, 0.2) is 72.4 Å². The van der Waals surface area contributed by atoms with Crippen molar-refractivity contribution in [3.05, 3.63) is 94.1 Å². The molecule has 3 aromatic rings. The highest BCUT2D eigenvalue weighted by Crippen LogP contribution is 2.35. The Hall–Kier alpha value is -3.57. The van der Waals surface area contributed by atoms with Crippen LogP contribution >= 0.6 is 11.6 Å². The smallest absolute Gasteiger partial charge is 0.282 e. The Bertz CT molecular complexity index is 1220. The number of carbonyl (C=O) groups is 2. The van der Waals surface area contributed by atoms with E-state index in [2.05, 4.69) is 5.32 Å². The lowest BCUT2D eigenvalue weighted by Gasteiger charge is -2.15. The molecule has 5 nitrogen and oxygen atoms in total. The van der Waals surface area contributed by atoms with Gasteiger partial charge in [0, 0.05) is 5.69 Å². The minimum Gasteiger partial charge on any atom is -0.495 e. The number of anilines is 2. The number of rotatable bonds is 5. The van der Waals surface area contributed by atoms with Crippen LogP contribution in [0.1, 0.15) is 16.7 Å². The lowest BCUT2D eigenvalue weighted by atomic mass is 9.99. The monoisotopic (exact) mass is 432 g/mol. The Morgan fingerprint density at radius 3 is 2.26 bits per heavy atom. The van der Waals surface area contributed by atoms with E-state index in [0.717, 1.165) is 11.1 Å². The van der Waals surface area contributed by atoms with Gasteiger partial charge in [0.1, 0.15) is 11.4 Å². The van der Waals surface area contributed by atoms with Crippen molar-refractivity contribution in [1.29, 1.82) is 0 Å². The van der Waals surface area contributed by atoms with Crippen LogP contribution in [0, 0.1) is 13.8 Å². The van der Waals surface area contributed by atoms with E-state index in [1.165, 1.54) is 12.0 Å². The van der Waals surface area contributed by atoms with Gasteiger partial charge < -0.3 is 10.1 Å². The van der Waals surface area contributed by atoms with E-state index in [4.69, 9.17) is 16.3 Å². The first kappa shape index (κ1) is 20.7. The van der Waals surface area contributed by atoms with Gasteiger partial charge in [-0.2, -0.15) is 0 Å². The first-order valence-corrected chi connectivity index (χ1v) is 10.1. The molecule has 2 amide bonds. The number of nitrogens with one attached hydrogen (secondary N) is 1. The first-order chi connectivity index (χ1) is 14.9. The molecule has 0 fully saturated rings. The zero-order valence-electron chi connectivity index (χ0n) is 17.4. The van der Waals surface area contributed by atoms with Crippen molar-refractivity contribution < 1.29 is 14.3 Å². The summed E-state index contributed by atoms with van der Waals surface area (Å²) in [5.41, 5.74) is 4.46. The molecule has 0 radical (unpaired) electrons. The van der Waals surface area contributed by atoms with E-state index >= 15 is 0 Å². The standard InChI is InChI=1S/C25H21ClN2O3/c1-15-9-10-17(13-16(15)2)22-23(27-18-11-12-21(31-3)20(26)14-18)25(30)28(24(22)29)19-7-5-4-6-8-19/h4-14,27H,1-3H3. The van der Waals surface area contributed by atoms with Crippen LogP contribution in [-0.2, 0) is 9.59 Å². The van der Waals surface area contributed by atoms with Gasteiger partial charge in [-0.25, -0.2) is 4.90 Å². The lowest BCUT2D eigenvalue weighted by molar-refractivity contribution is -0.120. The fourth-order valence-corrected chi connectivity index (χ4v) is 3.77. The van der Waals surface area contributed by atoms with Crippen LogP contribution < -0.4 is 15.0 Å². The van der Waals surface area contributed by atoms with Gasteiger partial charge >= 0.3 is 0 Å². The molecule has 3 aromatic carbocycles. The highest BCUT2D eigenvalue weighted by atomic mass is 35.5. The molecule has 0 saturated heterocycles. The van der Waals surface area contributed by atoms with Gasteiger partial charge in [-0.15, -0.1) is 0 Å². The summed E-state index contributed by atoms with van der Waals surface area (Å²) >= 11 is 6.25. The summed E-state index contributed by atoms with van der Waals surface area (Å²) in [5.74, 6) is -0.270. The Labute approximate surface area is 185 Å². The van der Waals surface area contributed by atoms with Gasteiger partial charge in [0.25, 0.3) is 11.8 Å². The number of hydrogen-bond acceptors (Lipinski definition) is 4. The largest absolute Gasteiger partial charge is 0.495 e. The van der Waals surface area contributed by atoms with Gasteiger partial charge in [-0.05, 0) is 60.9 Å². The third-order valence-electron chi connectivity index (χ3n) is 5.32. The fourth-order valence-electron chi connectivity index (χ4n) is 3.51. The Morgan fingerprint density at radius 1 is 0.871 bits per heavy atom. The van der Waals surface area contributed by atoms with Crippen molar-refractivity contribution in [1.82, 2.24) is 0 Å². The maximum atomic E-state index is 13.4. The van der Waals surface area contributed by atoms with Crippen molar-refractivity contribution in [2.24, 2.45) is 0 Å². The molecule has 1 heterocycles. The van der Waals surface area contributed by atoms with E-state index in [0.29, 0.717) is 33.3 Å². The van der Waals surface area contributed by atoms with Crippen LogP contribution in [0.4, 0.5) is 11.4 Å². The van der Waals surface area contributed by atoms with Crippen molar-refractivity contribution >= 4 is 40.4 Å². The number of methoxy groups -OCH3 is 1. The van der Waals surface area contributed by atoms with Crippen LogP contribution in [0.2, 0.25) is 5.02 Å². The van der Waals surface area contributed by atoms with Crippen molar-refractivity contribution in [2.75, 3.05) is 17.3 Å². The molecular formula is C25H21ClN2O3. The molecule has 0 bridgehead atoms. The number of imide groups is 1. The quantitative estimate of drug-likeness (QED) is 0.551. The summed E-state index contributed by atoms with van der Waals surface area (Å²) in [6, 6.07) is 19.7. The summed E-state index contributed by atoms with van der Waals surface area (Å²) in [7, 11) is 1.53. The second-order valence-corrected chi connectivity index (χ2v) is 7.71. The molecule has 31 heavy (non-hydrogen) atoms. The molecule has 0 unspecified atom stereocenters. The van der Waals surface area contributed by atoms with Crippen LogP contribution in [-0.4, -0.2) is 18.9 Å². The van der Waals surface area contributed by atoms with E-state index < -0.39 is 5.91 Å². The number of aryl methyl sites for hydroxylation is 2. The van der Waals surface area contributed by atoms with Gasteiger partial charge in [0.15, 0.2) is 0 Å². The van der Waals surface area contributed by atoms with Gasteiger partial charge in [-0.3, -0.25) is 9.59 Å². The number of carbonyl (C=O) groups excluding carboxylic acids is 2. The van der Waals surface area contributed by atoms with E-state index in [9.17, 15) is 9.59 Å². The fraction of sp³-hybridized carbons (Fsp3) is 0.120. The van der Waals surface area contributed by atoms with Crippen LogP contribution in [0.3, 0.4) is 0 Å². The Balaban J connectivity index is 1.83. The molecule has 0 spiro atoms. The summed E-state index contributed by atoms with van der Waals surface area (Å²) < 4.78 is 5.20. The topological polar surface area (TPSA) is 58.6 Å². The molecular weight excluding hydrogens is 412 g/mol. The van der Waals surface area contributed by atoms with Gasteiger partial charge in [-0.1, -0.05) is 48.0 Å². The number of ether oxygens (including phenoxy) is 1. The predicted octanol–water partition coefficient (Wildman–Crippen LogP) is 5.36. The summed E-state index contributed by atoms with van der Waals surface area (Å²) in [6.07, 6.45) is 0. The summed E-state index contributed by atoms with van der Waals surface area (Å²) in [4.78, 5) is 28.0. The maximum absolute atomic E-state index is 13.4. The highest BCUT2D eigenvalue weighted by Gasteiger charge is 2.40. The third kappa shape index (κ3) is 3.80. The molecule has 1 aliphatic heterocycles. The minimum atomic E-state index is -0.420. The second kappa shape index (κ2) is 8.28. The summed E-state index contributed by atoms with van der Waals surface area (Å²) in [5, 5.41) is 3.52. The number of halogens is 1. The number of nitrogens with zero attached hydrogens (tertiary/aromatic N) is 1. The van der Waals surface area contributed by atoms with Crippen molar-refractivity contribution in [2.45, 2.75) is 13.8 Å². The zero-order chi connectivity index (χ0) is 22.1. The maximum Gasteiger partial charge on any atom is 0.282 e. The van der Waals surface area contributed by atoms with E-state index in [1.54, 1.807) is 42.5 Å². The molecule has 4 rings (SSSR count). The molecule has 6 heteroatoms. The summed E-state index contributed by atoms with van der Waals surface area (Å²) in [6.45, 7) is 3.98. The number of benzene rings is 3. The Morgan fingerprint density at radius 2 is 1.61 bits per heavy atom. The number of para-hydroxylation sites is 1. The number of hydrogen-bond donors (Lipinski definition) is 1. The SMILES string of the molecule is COc1ccc(NC2=C(c3ccc(C)c(C)c3)C(=O)N(c3ccccc3)C2=O)cc1Cl. The predicted molar refractivity (Wildman–Crippen MR) is 123 cm³/mol. The molecule has 1 aliphatic rings. The van der Waals surface area contributed by atoms with Gasteiger partial charge in [0.05, 0.1) is 23.4 Å². The van der Waals surface area contributed by atoms with Gasteiger partial charge in [0.2, 0.25) is 0 Å². The first-order valence-electron chi connectivity index (χ1n) is 9.77. The molecule has 0 aliphatic carbocycles. The number of amides is 2. The average Bonchev–Trinajstić information content (AvgIpc) is 3.00. The van der Waals surface area contributed by atoms with Crippen LogP contribution in [0.5, 0.6) is 5.75 Å². The van der Waals surface area contributed by atoms with E-state index in [-0.39, 0.29) is 11.6 Å².